The molecule has 6 nitrogen and oxygen atoms in total. The van der Waals surface area contributed by atoms with E-state index in [1.165, 1.54) is 17.7 Å². The van der Waals surface area contributed by atoms with Crippen molar-refractivity contribution < 1.29 is 13.9 Å². The van der Waals surface area contributed by atoms with E-state index in [9.17, 15) is 9.18 Å². The van der Waals surface area contributed by atoms with Gasteiger partial charge >= 0.3 is 0 Å². The third kappa shape index (κ3) is 5.45. The number of carbonyl (C=O) groups is 1. The summed E-state index contributed by atoms with van der Waals surface area (Å²) in [6.45, 7) is 4.39. The second-order valence-corrected chi connectivity index (χ2v) is 9.12. The topological polar surface area (TPSA) is 58.6 Å². The Hall–Kier alpha value is -4.26. The monoisotopic (exact) mass is 496 g/mol. The number of hydrogen-bond donors (Lipinski definition) is 0. The molecule has 2 heterocycles. The molecule has 0 atom stereocenters. The summed E-state index contributed by atoms with van der Waals surface area (Å²) in [5, 5.41) is 0. The number of nitrogens with zero attached hydrogens (tertiary/aromatic N) is 4. The number of aromatic nitrogens is 2. The number of ether oxygens (including phenoxy) is 1. The van der Waals surface area contributed by atoms with Crippen LogP contribution in [0.5, 0.6) is 5.75 Å². The van der Waals surface area contributed by atoms with Gasteiger partial charge in [-0.15, -0.1) is 0 Å². The Labute approximate surface area is 216 Å². The van der Waals surface area contributed by atoms with Crippen LogP contribution < -0.4 is 9.64 Å². The summed E-state index contributed by atoms with van der Waals surface area (Å²) in [7, 11) is 1.59. The van der Waals surface area contributed by atoms with Crippen molar-refractivity contribution in [1.29, 1.82) is 0 Å². The number of amides is 1. The van der Waals surface area contributed by atoms with E-state index in [0.29, 0.717) is 55.3 Å². The molecule has 0 saturated carbocycles. The number of methoxy groups -OCH3 is 1. The molecule has 1 aliphatic rings. The molecule has 7 heteroatoms. The van der Waals surface area contributed by atoms with Crippen molar-refractivity contribution in [2.24, 2.45) is 0 Å². The van der Waals surface area contributed by atoms with Gasteiger partial charge in [0, 0.05) is 55.0 Å². The van der Waals surface area contributed by atoms with Crippen LogP contribution in [0.2, 0.25) is 0 Å². The molecule has 1 saturated heterocycles. The highest BCUT2D eigenvalue weighted by molar-refractivity contribution is 5.94. The highest BCUT2D eigenvalue weighted by Gasteiger charge is 2.26. The maximum absolute atomic E-state index is 14.0. The Morgan fingerprint density at radius 2 is 1.68 bits per heavy atom. The molecule has 0 unspecified atom stereocenters. The van der Waals surface area contributed by atoms with E-state index < -0.39 is 0 Å². The molecule has 188 valence electrons. The number of halogens is 1. The first-order valence-electron chi connectivity index (χ1n) is 12.4. The first-order valence-corrected chi connectivity index (χ1v) is 12.4. The largest absolute Gasteiger partial charge is 0.497 e. The van der Waals surface area contributed by atoms with Crippen molar-refractivity contribution in [1.82, 2.24) is 14.9 Å². The van der Waals surface area contributed by atoms with Crippen LogP contribution in [0.15, 0.2) is 78.9 Å². The molecule has 1 fully saturated rings. The summed E-state index contributed by atoms with van der Waals surface area (Å²) in [6, 6.07) is 23.8. The molecule has 3 aromatic carbocycles. The number of rotatable bonds is 6. The van der Waals surface area contributed by atoms with Crippen molar-refractivity contribution in [3.05, 3.63) is 107 Å². The predicted octanol–water partition coefficient (Wildman–Crippen LogP) is 5.15. The van der Waals surface area contributed by atoms with E-state index in [-0.39, 0.29) is 11.7 Å². The standard InChI is InChI=1S/C30H29FN4O2/c1-21-27(18-22-8-4-3-5-9-22)29(33-28(32-21)23-10-6-12-25(31)19-23)34-14-16-35(17-15-34)30(36)24-11-7-13-26(20-24)37-2/h3-13,19-20H,14-18H2,1-2H3. The van der Waals surface area contributed by atoms with Gasteiger partial charge < -0.3 is 14.5 Å². The Morgan fingerprint density at radius 3 is 2.41 bits per heavy atom. The number of anilines is 1. The third-order valence-electron chi connectivity index (χ3n) is 6.68. The maximum Gasteiger partial charge on any atom is 0.254 e. The molecule has 1 aliphatic heterocycles. The first-order chi connectivity index (χ1) is 18.0. The van der Waals surface area contributed by atoms with Gasteiger partial charge in [-0.3, -0.25) is 4.79 Å². The zero-order valence-electron chi connectivity index (χ0n) is 21.0. The van der Waals surface area contributed by atoms with Gasteiger partial charge in [0.05, 0.1) is 7.11 Å². The van der Waals surface area contributed by atoms with Gasteiger partial charge in [-0.05, 0) is 42.8 Å². The summed E-state index contributed by atoms with van der Waals surface area (Å²) in [4.78, 5) is 26.9. The molecule has 1 aromatic heterocycles. The fraction of sp³-hybridized carbons (Fsp3) is 0.233. The Bertz CT molecular complexity index is 1400. The molecule has 0 aliphatic carbocycles. The van der Waals surface area contributed by atoms with Crippen LogP contribution in [0, 0.1) is 12.7 Å². The fourth-order valence-electron chi connectivity index (χ4n) is 4.67. The number of aryl methyl sites for hydroxylation is 1. The molecule has 0 bridgehead atoms. The summed E-state index contributed by atoms with van der Waals surface area (Å²) in [5.41, 5.74) is 4.33. The lowest BCUT2D eigenvalue weighted by Gasteiger charge is -2.36. The van der Waals surface area contributed by atoms with Gasteiger partial charge in [-0.2, -0.15) is 0 Å². The Morgan fingerprint density at radius 1 is 0.919 bits per heavy atom. The molecule has 4 aromatic rings. The quantitative estimate of drug-likeness (QED) is 0.369. The maximum atomic E-state index is 14.0. The molecular weight excluding hydrogens is 467 g/mol. The zero-order valence-corrected chi connectivity index (χ0v) is 21.0. The van der Waals surface area contributed by atoms with E-state index in [1.54, 1.807) is 19.2 Å². The predicted molar refractivity (Wildman–Crippen MR) is 143 cm³/mol. The van der Waals surface area contributed by atoms with Crippen LogP contribution in [0.1, 0.15) is 27.2 Å². The van der Waals surface area contributed by atoms with Crippen LogP contribution in [0.3, 0.4) is 0 Å². The van der Waals surface area contributed by atoms with Crippen molar-refractivity contribution in [2.75, 3.05) is 38.2 Å². The van der Waals surface area contributed by atoms with Crippen molar-refractivity contribution >= 4 is 11.7 Å². The SMILES string of the molecule is COc1cccc(C(=O)N2CCN(c3nc(-c4cccc(F)c4)nc(C)c3Cc3ccccc3)CC2)c1. The lowest BCUT2D eigenvalue weighted by molar-refractivity contribution is 0.0746. The van der Waals surface area contributed by atoms with Gasteiger partial charge in [-0.1, -0.05) is 48.5 Å². The van der Waals surface area contributed by atoms with Crippen LogP contribution in [0.25, 0.3) is 11.4 Å². The van der Waals surface area contributed by atoms with Gasteiger partial charge in [-0.25, -0.2) is 14.4 Å². The van der Waals surface area contributed by atoms with E-state index in [2.05, 4.69) is 17.0 Å². The van der Waals surface area contributed by atoms with Crippen molar-refractivity contribution in [3.8, 4) is 17.1 Å². The average Bonchev–Trinajstić information content (AvgIpc) is 2.94. The van der Waals surface area contributed by atoms with Crippen molar-refractivity contribution in [3.63, 3.8) is 0 Å². The van der Waals surface area contributed by atoms with Crippen LogP contribution in [0.4, 0.5) is 10.2 Å². The highest BCUT2D eigenvalue weighted by Crippen LogP contribution is 2.29. The first kappa shape index (κ1) is 24.4. The van der Waals surface area contributed by atoms with Gasteiger partial charge in [0.2, 0.25) is 0 Å². The third-order valence-corrected chi connectivity index (χ3v) is 6.68. The smallest absolute Gasteiger partial charge is 0.254 e. The minimum absolute atomic E-state index is 0.0117. The lowest BCUT2D eigenvalue weighted by Crippen LogP contribution is -2.49. The number of benzene rings is 3. The van der Waals surface area contributed by atoms with E-state index in [0.717, 1.165) is 17.1 Å². The van der Waals surface area contributed by atoms with Crippen LogP contribution in [-0.2, 0) is 6.42 Å². The van der Waals surface area contributed by atoms with Gasteiger partial charge in [0.25, 0.3) is 5.91 Å². The minimum atomic E-state index is -0.321. The summed E-state index contributed by atoms with van der Waals surface area (Å²) in [5.74, 6) is 1.67. The molecule has 0 spiro atoms. The molecule has 5 rings (SSSR count). The lowest BCUT2D eigenvalue weighted by atomic mass is 10.0. The Balaban J connectivity index is 1.43. The minimum Gasteiger partial charge on any atom is -0.497 e. The number of hydrogen-bond acceptors (Lipinski definition) is 5. The normalized spacial score (nSPS) is 13.5. The Kier molecular flexibility index (Phi) is 7.12. The molecule has 0 N–H and O–H groups in total. The van der Waals surface area contributed by atoms with Crippen LogP contribution >= 0.6 is 0 Å². The average molecular weight is 497 g/mol. The molecular formula is C30H29FN4O2. The number of piperazine rings is 1. The van der Waals surface area contributed by atoms with Gasteiger partial charge in [0.15, 0.2) is 5.82 Å². The summed E-state index contributed by atoms with van der Waals surface area (Å²) < 4.78 is 19.2. The van der Waals surface area contributed by atoms with E-state index >= 15 is 0 Å². The van der Waals surface area contributed by atoms with Crippen LogP contribution in [-0.4, -0.2) is 54.1 Å². The molecule has 1 amide bonds. The van der Waals surface area contributed by atoms with Gasteiger partial charge in [0.1, 0.15) is 17.4 Å². The highest BCUT2D eigenvalue weighted by atomic mass is 19.1. The van der Waals surface area contributed by atoms with E-state index in [4.69, 9.17) is 14.7 Å². The summed E-state index contributed by atoms with van der Waals surface area (Å²) >= 11 is 0. The second-order valence-electron chi connectivity index (χ2n) is 9.12. The van der Waals surface area contributed by atoms with Crippen molar-refractivity contribution in [2.45, 2.75) is 13.3 Å². The zero-order chi connectivity index (χ0) is 25.8. The second kappa shape index (κ2) is 10.8. The van der Waals surface area contributed by atoms with E-state index in [1.807, 2.05) is 54.3 Å². The molecule has 37 heavy (non-hydrogen) atoms. The number of carbonyl (C=O) groups excluding carboxylic acids is 1. The molecule has 0 radical (unpaired) electrons. The fourth-order valence-corrected chi connectivity index (χ4v) is 4.67. The summed E-state index contributed by atoms with van der Waals surface area (Å²) in [6.07, 6.45) is 0.689.